The minimum atomic E-state index is -0.105. The van der Waals surface area contributed by atoms with Crippen LogP contribution in [0.15, 0.2) is 4.52 Å². The summed E-state index contributed by atoms with van der Waals surface area (Å²) in [5, 5.41) is 8.13. The van der Waals surface area contributed by atoms with Crippen molar-refractivity contribution in [2.45, 2.75) is 57.9 Å². The van der Waals surface area contributed by atoms with E-state index in [0.717, 1.165) is 59.9 Å². The van der Waals surface area contributed by atoms with Crippen molar-refractivity contribution < 1.29 is 9.32 Å². The molecule has 4 rings (SSSR count). The second kappa shape index (κ2) is 5.88. The molecule has 128 valence electrons. The van der Waals surface area contributed by atoms with E-state index in [1.807, 2.05) is 20.9 Å². The van der Waals surface area contributed by atoms with Crippen molar-refractivity contribution in [3.63, 3.8) is 0 Å². The van der Waals surface area contributed by atoms with Gasteiger partial charge in [-0.2, -0.15) is 0 Å². The number of aromatic nitrogens is 2. The quantitative estimate of drug-likeness (QED) is 0.905. The highest BCUT2D eigenvalue weighted by Gasteiger charge is 2.34. The molecule has 0 unspecified atom stereocenters. The van der Waals surface area contributed by atoms with Gasteiger partial charge in [0.05, 0.1) is 21.6 Å². The Morgan fingerprint density at radius 2 is 2.12 bits per heavy atom. The van der Waals surface area contributed by atoms with Crippen LogP contribution < -0.4 is 5.32 Å². The highest BCUT2D eigenvalue weighted by Crippen LogP contribution is 2.44. The van der Waals surface area contributed by atoms with Crippen LogP contribution >= 0.6 is 11.3 Å². The van der Waals surface area contributed by atoms with Crippen LogP contribution in [0.5, 0.6) is 0 Å². The Hall–Kier alpha value is -1.89. The highest BCUT2D eigenvalue weighted by atomic mass is 32.1. The number of thiazole rings is 1. The minimum absolute atomic E-state index is 0.101. The summed E-state index contributed by atoms with van der Waals surface area (Å²) in [5.74, 6) is 1.24. The second-order valence-corrected chi connectivity index (χ2v) is 8.01. The predicted molar refractivity (Wildman–Crippen MR) is 92.5 cm³/mol. The zero-order chi connectivity index (χ0) is 16.8. The zero-order valence-electron chi connectivity index (χ0n) is 14.3. The topological polar surface area (TPSA) is 71.3 Å². The van der Waals surface area contributed by atoms with Gasteiger partial charge in [0.1, 0.15) is 11.4 Å². The summed E-state index contributed by atoms with van der Waals surface area (Å²) in [5.41, 5.74) is 2.66. The first-order chi connectivity index (χ1) is 11.5. The van der Waals surface area contributed by atoms with Gasteiger partial charge < -0.3 is 14.7 Å². The molecule has 0 radical (unpaired) electrons. The average Bonchev–Trinajstić information content (AvgIpc) is 3.23. The van der Waals surface area contributed by atoms with Gasteiger partial charge >= 0.3 is 6.03 Å². The molecule has 1 fully saturated rings. The number of anilines is 1. The van der Waals surface area contributed by atoms with Crippen LogP contribution in [-0.2, 0) is 6.42 Å². The molecule has 1 atom stereocenters. The summed E-state index contributed by atoms with van der Waals surface area (Å²) >= 11 is 1.71. The van der Waals surface area contributed by atoms with Gasteiger partial charge in [-0.15, -0.1) is 11.3 Å². The van der Waals surface area contributed by atoms with Gasteiger partial charge in [-0.3, -0.25) is 0 Å². The monoisotopic (exact) mass is 346 g/mol. The van der Waals surface area contributed by atoms with Gasteiger partial charge in [-0.05, 0) is 46.0 Å². The van der Waals surface area contributed by atoms with Crippen molar-refractivity contribution in [1.29, 1.82) is 0 Å². The molecule has 0 spiro atoms. The van der Waals surface area contributed by atoms with Crippen molar-refractivity contribution in [3.8, 4) is 0 Å². The number of carbonyl (C=O) groups excluding carboxylic acids is 1. The van der Waals surface area contributed by atoms with E-state index in [9.17, 15) is 4.79 Å². The van der Waals surface area contributed by atoms with E-state index in [1.54, 1.807) is 16.2 Å². The number of rotatable bonds is 3. The number of aryl methyl sites for hydroxylation is 3. The first-order valence-electron chi connectivity index (χ1n) is 8.50. The summed E-state index contributed by atoms with van der Waals surface area (Å²) in [6, 6.07) is -0.00315. The van der Waals surface area contributed by atoms with Crippen LogP contribution in [0.3, 0.4) is 0 Å². The van der Waals surface area contributed by atoms with Crippen LogP contribution in [-0.4, -0.2) is 28.1 Å². The molecule has 0 aliphatic heterocycles. The number of fused-ring (bicyclic) bond motifs is 1. The highest BCUT2D eigenvalue weighted by molar-refractivity contribution is 7.11. The van der Waals surface area contributed by atoms with Gasteiger partial charge in [0.15, 0.2) is 5.76 Å². The van der Waals surface area contributed by atoms with E-state index in [-0.39, 0.29) is 12.1 Å². The molecule has 6 nitrogen and oxygen atoms in total. The molecule has 2 aromatic heterocycles. The SMILES string of the molecule is Cc1nc2c(s1)[C@H](N(C)C(=O)Nc1c(C)noc1C1CC1)CCC2. The van der Waals surface area contributed by atoms with E-state index in [2.05, 4.69) is 15.5 Å². The number of nitrogens with zero attached hydrogens (tertiary/aromatic N) is 3. The minimum Gasteiger partial charge on any atom is -0.359 e. The molecule has 24 heavy (non-hydrogen) atoms. The van der Waals surface area contributed by atoms with Crippen LogP contribution in [0.2, 0.25) is 0 Å². The molecule has 1 saturated carbocycles. The fourth-order valence-electron chi connectivity index (χ4n) is 3.39. The van der Waals surface area contributed by atoms with Crippen LogP contribution in [0.25, 0.3) is 0 Å². The van der Waals surface area contributed by atoms with Gasteiger partial charge in [0.2, 0.25) is 0 Å². The largest absolute Gasteiger partial charge is 0.359 e. The van der Waals surface area contributed by atoms with Gasteiger partial charge in [0, 0.05) is 13.0 Å². The Bertz CT molecular complexity index is 778. The van der Waals surface area contributed by atoms with Crippen molar-refractivity contribution in [3.05, 3.63) is 27.0 Å². The molecular weight excluding hydrogens is 324 g/mol. The summed E-state index contributed by atoms with van der Waals surface area (Å²) in [6.45, 7) is 3.90. The van der Waals surface area contributed by atoms with E-state index in [1.165, 1.54) is 4.88 Å². The van der Waals surface area contributed by atoms with Gasteiger partial charge in [0.25, 0.3) is 0 Å². The number of carbonyl (C=O) groups is 1. The Labute approximate surface area is 145 Å². The maximum absolute atomic E-state index is 12.8. The first kappa shape index (κ1) is 15.6. The Kier molecular flexibility index (Phi) is 3.83. The number of hydrogen-bond donors (Lipinski definition) is 1. The normalized spacial score (nSPS) is 19.9. The van der Waals surface area contributed by atoms with Gasteiger partial charge in [-0.25, -0.2) is 9.78 Å². The Balaban J connectivity index is 1.54. The second-order valence-electron chi connectivity index (χ2n) is 6.77. The third kappa shape index (κ3) is 2.70. The third-order valence-corrected chi connectivity index (χ3v) is 6.00. The van der Waals surface area contributed by atoms with E-state index < -0.39 is 0 Å². The fraction of sp³-hybridized carbons (Fsp3) is 0.588. The molecule has 1 N–H and O–H groups in total. The lowest BCUT2D eigenvalue weighted by atomic mass is 9.97. The first-order valence-corrected chi connectivity index (χ1v) is 9.32. The molecular formula is C17H22N4O2S. The molecule has 7 heteroatoms. The average molecular weight is 346 g/mol. The third-order valence-electron chi connectivity index (χ3n) is 4.89. The molecule has 2 aromatic rings. The fourth-order valence-corrected chi connectivity index (χ4v) is 4.54. The lowest BCUT2D eigenvalue weighted by molar-refractivity contribution is 0.198. The standard InChI is InChI=1S/C17H22N4O2S/c1-9-14(15(23-20-9)11-7-8-11)19-17(22)21(3)13-6-4-5-12-16(13)24-10(2)18-12/h11,13H,4-8H2,1-3H3,(H,19,22)/t13-/m1/s1. The number of amides is 2. The number of nitrogens with one attached hydrogen (secondary N) is 1. The maximum Gasteiger partial charge on any atom is 0.322 e. The predicted octanol–water partition coefficient (Wildman–Crippen LogP) is 4.17. The number of hydrogen-bond acceptors (Lipinski definition) is 5. The van der Waals surface area contributed by atoms with E-state index in [4.69, 9.17) is 4.52 Å². The van der Waals surface area contributed by atoms with Crippen molar-refractivity contribution in [2.24, 2.45) is 0 Å². The lowest BCUT2D eigenvalue weighted by Gasteiger charge is -2.30. The molecule has 2 heterocycles. The Morgan fingerprint density at radius 1 is 1.33 bits per heavy atom. The number of urea groups is 1. The molecule has 0 saturated heterocycles. The van der Waals surface area contributed by atoms with E-state index >= 15 is 0 Å². The maximum atomic E-state index is 12.8. The van der Waals surface area contributed by atoms with Gasteiger partial charge in [-0.1, -0.05) is 5.16 Å². The van der Waals surface area contributed by atoms with E-state index in [0.29, 0.717) is 5.92 Å². The van der Waals surface area contributed by atoms with Crippen LogP contribution in [0.4, 0.5) is 10.5 Å². The lowest BCUT2D eigenvalue weighted by Crippen LogP contribution is -2.36. The molecule has 2 aliphatic rings. The molecule has 2 amide bonds. The molecule has 0 bridgehead atoms. The van der Waals surface area contributed by atoms with Crippen LogP contribution in [0, 0.1) is 13.8 Å². The molecule has 2 aliphatic carbocycles. The van der Waals surface area contributed by atoms with Crippen molar-refractivity contribution >= 4 is 23.1 Å². The van der Waals surface area contributed by atoms with Crippen molar-refractivity contribution in [2.75, 3.05) is 12.4 Å². The van der Waals surface area contributed by atoms with Crippen LogP contribution in [0.1, 0.15) is 64.7 Å². The Morgan fingerprint density at radius 3 is 2.88 bits per heavy atom. The summed E-state index contributed by atoms with van der Waals surface area (Å²) in [6.07, 6.45) is 5.29. The summed E-state index contributed by atoms with van der Waals surface area (Å²) in [4.78, 5) is 20.5. The summed E-state index contributed by atoms with van der Waals surface area (Å²) in [7, 11) is 1.86. The smallest absolute Gasteiger partial charge is 0.322 e. The van der Waals surface area contributed by atoms with Crippen molar-refractivity contribution in [1.82, 2.24) is 15.0 Å². The molecule has 0 aromatic carbocycles. The zero-order valence-corrected chi connectivity index (χ0v) is 15.1. The summed E-state index contributed by atoms with van der Waals surface area (Å²) < 4.78 is 5.41.